The van der Waals surface area contributed by atoms with Crippen LogP contribution in [0.3, 0.4) is 0 Å². The SMILES string of the molecule is Cc1ccc(N(CCNC(=O)C2CCCO2)S(C)(=O)=O)cc1Cl. The predicted octanol–water partition coefficient (Wildman–Crippen LogP) is 1.71. The van der Waals surface area contributed by atoms with E-state index in [1.807, 2.05) is 6.92 Å². The number of carbonyl (C=O) groups is 1. The molecule has 1 aliphatic rings. The zero-order valence-electron chi connectivity index (χ0n) is 13.2. The van der Waals surface area contributed by atoms with Crippen LogP contribution in [0.1, 0.15) is 18.4 Å². The van der Waals surface area contributed by atoms with Gasteiger partial charge in [0.05, 0.1) is 18.5 Å². The molecule has 1 N–H and O–H groups in total. The Morgan fingerprint density at radius 1 is 1.48 bits per heavy atom. The van der Waals surface area contributed by atoms with Crippen LogP contribution in [0.15, 0.2) is 18.2 Å². The first kappa shape index (κ1) is 18.0. The van der Waals surface area contributed by atoms with Gasteiger partial charge in [0, 0.05) is 18.2 Å². The Kier molecular flexibility index (Phi) is 5.89. The molecular formula is C15H21ClN2O4S. The normalized spacial score (nSPS) is 18.0. The van der Waals surface area contributed by atoms with E-state index in [9.17, 15) is 13.2 Å². The Labute approximate surface area is 141 Å². The summed E-state index contributed by atoms with van der Waals surface area (Å²) in [4.78, 5) is 11.9. The van der Waals surface area contributed by atoms with E-state index in [1.165, 1.54) is 4.31 Å². The molecule has 1 atom stereocenters. The molecule has 23 heavy (non-hydrogen) atoms. The fourth-order valence-electron chi connectivity index (χ4n) is 2.40. The second-order valence-electron chi connectivity index (χ2n) is 5.56. The Morgan fingerprint density at radius 3 is 2.78 bits per heavy atom. The molecule has 0 bridgehead atoms. The standard InChI is InChI=1S/C15H21ClN2O4S/c1-11-5-6-12(10-13(11)16)18(23(2,20)21)8-7-17-15(19)14-4-3-9-22-14/h5-6,10,14H,3-4,7-9H2,1-2H3,(H,17,19). The average Bonchev–Trinajstić information content (AvgIpc) is 2.99. The topological polar surface area (TPSA) is 75.7 Å². The van der Waals surface area contributed by atoms with Crippen LogP contribution in [-0.2, 0) is 19.6 Å². The minimum absolute atomic E-state index is 0.136. The Bertz CT molecular complexity index is 672. The van der Waals surface area contributed by atoms with Gasteiger partial charge in [-0.1, -0.05) is 17.7 Å². The molecule has 1 unspecified atom stereocenters. The number of hydrogen-bond donors (Lipinski definition) is 1. The van der Waals surface area contributed by atoms with Crippen LogP contribution in [-0.4, -0.2) is 46.4 Å². The minimum Gasteiger partial charge on any atom is -0.368 e. The van der Waals surface area contributed by atoms with E-state index < -0.39 is 16.1 Å². The molecule has 1 amide bonds. The lowest BCUT2D eigenvalue weighted by Crippen LogP contribution is -2.41. The number of ether oxygens (including phenoxy) is 1. The number of benzene rings is 1. The van der Waals surface area contributed by atoms with Gasteiger partial charge in [-0.05, 0) is 37.5 Å². The summed E-state index contributed by atoms with van der Waals surface area (Å²) in [6.07, 6.45) is 2.28. The highest BCUT2D eigenvalue weighted by molar-refractivity contribution is 7.92. The molecular weight excluding hydrogens is 340 g/mol. The van der Waals surface area contributed by atoms with Crippen molar-refractivity contribution in [3.8, 4) is 0 Å². The second-order valence-corrected chi connectivity index (χ2v) is 7.88. The predicted molar refractivity (Wildman–Crippen MR) is 90.4 cm³/mol. The number of nitrogens with zero attached hydrogens (tertiary/aromatic N) is 1. The molecule has 0 spiro atoms. The highest BCUT2D eigenvalue weighted by atomic mass is 35.5. The summed E-state index contributed by atoms with van der Waals surface area (Å²) >= 11 is 6.07. The second kappa shape index (κ2) is 7.51. The zero-order chi connectivity index (χ0) is 17.0. The Hall–Kier alpha value is -1.31. The van der Waals surface area contributed by atoms with Crippen LogP contribution in [0.4, 0.5) is 5.69 Å². The van der Waals surface area contributed by atoms with Crippen LogP contribution in [0, 0.1) is 6.92 Å². The summed E-state index contributed by atoms with van der Waals surface area (Å²) in [6, 6.07) is 5.07. The first-order chi connectivity index (χ1) is 10.8. The molecule has 6 nitrogen and oxygen atoms in total. The highest BCUT2D eigenvalue weighted by Crippen LogP contribution is 2.24. The molecule has 1 aromatic carbocycles. The summed E-state index contributed by atoms with van der Waals surface area (Å²) in [5.41, 5.74) is 1.35. The largest absolute Gasteiger partial charge is 0.368 e. The molecule has 1 heterocycles. The molecule has 1 aliphatic heterocycles. The van der Waals surface area contributed by atoms with Crippen LogP contribution >= 0.6 is 11.6 Å². The molecule has 1 aromatic rings. The molecule has 1 fully saturated rings. The van der Waals surface area contributed by atoms with Crippen molar-refractivity contribution < 1.29 is 17.9 Å². The maximum absolute atomic E-state index is 12.0. The number of nitrogens with one attached hydrogen (secondary N) is 1. The van der Waals surface area contributed by atoms with E-state index >= 15 is 0 Å². The van der Waals surface area contributed by atoms with E-state index in [0.717, 1.165) is 18.2 Å². The molecule has 0 aliphatic carbocycles. The van der Waals surface area contributed by atoms with Gasteiger partial charge < -0.3 is 10.1 Å². The van der Waals surface area contributed by atoms with E-state index in [0.29, 0.717) is 23.7 Å². The molecule has 0 radical (unpaired) electrons. The fraction of sp³-hybridized carbons (Fsp3) is 0.533. The maximum Gasteiger partial charge on any atom is 0.249 e. The van der Waals surface area contributed by atoms with Gasteiger partial charge in [0.15, 0.2) is 0 Å². The van der Waals surface area contributed by atoms with Crippen molar-refractivity contribution >= 4 is 33.2 Å². The molecule has 8 heteroatoms. The van der Waals surface area contributed by atoms with Gasteiger partial charge in [0.1, 0.15) is 6.10 Å². The average molecular weight is 361 g/mol. The van der Waals surface area contributed by atoms with Crippen molar-refractivity contribution in [2.45, 2.75) is 25.9 Å². The Balaban J connectivity index is 2.02. The summed E-state index contributed by atoms with van der Waals surface area (Å²) in [6.45, 7) is 2.78. The number of sulfonamides is 1. The number of amides is 1. The van der Waals surface area contributed by atoms with Crippen LogP contribution in [0.2, 0.25) is 5.02 Å². The summed E-state index contributed by atoms with van der Waals surface area (Å²) in [7, 11) is -3.47. The smallest absolute Gasteiger partial charge is 0.249 e. The minimum atomic E-state index is -3.47. The van der Waals surface area contributed by atoms with Gasteiger partial charge in [-0.3, -0.25) is 9.10 Å². The lowest BCUT2D eigenvalue weighted by Gasteiger charge is -2.23. The van der Waals surface area contributed by atoms with Gasteiger partial charge in [-0.15, -0.1) is 0 Å². The number of halogens is 1. The Morgan fingerprint density at radius 2 is 2.22 bits per heavy atom. The van der Waals surface area contributed by atoms with Crippen LogP contribution < -0.4 is 9.62 Å². The van der Waals surface area contributed by atoms with Gasteiger partial charge >= 0.3 is 0 Å². The lowest BCUT2D eigenvalue weighted by molar-refractivity contribution is -0.129. The van der Waals surface area contributed by atoms with Crippen LogP contribution in [0.5, 0.6) is 0 Å². The van der Waals surface area contributed by atoms with Crippen molar-refractivity contribution in [3.63, 3.8) is 0 Å². The van der Waals surface area contributed by atoms with E-state index in [2.05, 4.69) is 5.32 Å². The van der Waals surface area contributed by atoms with Crippen molar-refractivity contribution in [1.29, 1.82) is 0 Å². The number of carbonyl (C=O) groups excluding carboxylic acids is 1. The lowest BCUT2D eigenvalue weighted by atomic mass is 10.2. The number of aryl methyl sites for hydroxylation is 1. The van der Waals surface area contributed by atoms with Gasteiger partial charge in [-0.2, -0.15) is 0 Å². The number of rotatable bonds is 6. The van der Waals surface area contributed by atoms with Crippen LogP contribution in [0.25, 0.3) is 0 Å². The van der Waals surface area contributed by atoms with Crippen molar-refractivity contribution in [3.05, 3.63) is 28.8 Å². The third-order valence-corrected chi connectivity index (χ3v) is 5.28. The van der Waals surface area contributed by atoms with E-state index in [1.54, 1.807) is 18.2 Å². The third kappa shape index (κ3) is 4.83. The van der Waals surface area contributed by atoms with Gasteiger partial charge in [-0.25, -0.2) is 8.42 Å². The monoisotopic (exact) mass is 360 g/mol. The molecule has 128 valence electrons. The number of hydrogen-bond acceptors (Lipinski definition) is 4. The summed E-state index contributed by atoms with van der Waals surface area (Å²) < 4.78 is 30.5. The fourth-order valence-corrected chi connectivity index (χ4v) is 3.50. The molecule has 0 aromatic heterocycles. The quantitative estimate of drug-likeness (QED) is 0.838. The first-order valence-corrected chi connectivity index (χ1v) is 9.65. The van der Waals surface area contributed by atoms with Gasteiger partial charge in [0.25, 0.3) is 0 Å². The maximum atomic E-state index is 12.0. The highest BCUT2D eigenvalue weighted by Gasteiger charge is 2.24. The number of anilines is 1. The molecule has 0 saturated carbocycles. The zero-order valence-corrected chi connectivity index (χ0v) is 14.8. The molecule has 2 rings (SSSR count). The summed E-state index contributed by atoms with van der Waals surface area (Å²) in [5.74, 6) is -0.196. The van der Waals surface area contributed by atoms with Crippen molar-refractivity contribution in [2.75, 3.05) is 30.3 Å². The van der Waals surface area contributed by atoms with Crippen molar-refractivity contribution in [2.24, 2.45) is 0 Å². The third-order valence-electron chi connectivity index (χ3n) is 3.68. The van der Waals surface area contributed by atoms with Crippen molar-refractivity contribution in [1.82, 2.24) is 5.32 Å². The van der Waals surface area contributed by atoms with Gasteiger partial charge in [0.2, 0.25) is 15.9 Å². The molecule has 1 saturated heterocycles. The summed E-state index contributed by atoms with van der Waals surface area (Å²) in [5, 5.41) is 3.22. The first-order valence-electron chi connectivity index (χ1n) is 7.42. The van der Waals surface area contributed by atoms with E-state index in [4.69, 9.17) is 16.3 Å². The van der Waals surface area contributed by atoms with E-state index in [-0.39, 0.29) is 19.0 Å².